The van der Waals surface area contributed by atoms with E-state index >= 15 is 0 Å². The number of aryl methyl sites for hydroxylation is 1. The monoisotopic (exact) mass is 315 g/mol. The molecule has 3 atom stereocenters. The Bertz CT molecular complexity index is 527. The smallest absolute Gasteiger partial charge is 0.294 e. The highest BCUT2D eigenvalue weighted by atomic mass is 32.2. The molecule has 1 saturated heterocycles. The summed E-state index contributed by atoms with van der Waals surface area (Å²) in [4.78, 5) is -0.0666. The molecule has 1 aliphatic rings. The normalized spacial score (nSPS) is 23.3. The number of ether oxygens (including phenoxy) is 1. The van der Waals surface area contributed by atoms with Gasteiger partial charge in [0.2, 0.25) is 0 Å². The van der Waals surface area contributed by atoms with Crippen LogP contribution in [-0.2, 0) is 14.9 Å². The third kappa shape index (κ3) is 6.13. The Morgan fingerprint density at radius 1 is 1.33 bits per heavy atom. The van der Waals surface area contributed by atoms with Gasteiger partial charge in [-0.25, -0.2) is 0 Å². The zero-order chi connectivity index (χ0) is 16.0. The van der Waals surface area contributed by atoms with Crippen molar-refractivity contribution in [2.45, 2.75) is 63.2 Å². The molecule has 0 amide bonds. The molecule has 5 nitrogen and oxygen atoms in total. The molecule has 0 aliphatic carbocycles. The van der Waals surface area contributed by atoms with E-state index in [4.69, 9.17) is 15.0 Å². The third-order valence-corrected chi connectivity index (χ3v) is 4.40. The maximum atomic E-state index is 10.5. The Hall–Kier alpha value is -0.950. The van der Waals surface area contributed by atoms with Gasteiger partial charge in [-0.15, -0.1) is 0 Å². The summed E-state index contributed by atoms with van der Waals surface area (Å²) in [7, 11) is -4.02. The summed E-state index contributed by atoms with van der Waals surface area (Å²) in [5, 5.41) is 0. The Morgan fingerprint density at radius 3 is 2.29 bits per heavy atom. The van der Waals surface area contributed by atoms with Crippen molar-refractivity contribution in [3.05, 3.63) is 29.8 Å². The van der Waals surface area contributed by atoms with Gasteiger partial charge in [-0.05, 0) is 45.2 Å². The number of rotatable bonds is 3. The molecule has 0 bridgehead atoms. The van der Waals surface area contributed by atoms with Gasteiger partial charge in [-0.3, -0.25) is 4.55 Å². The lowest BCUT2D eigenvalue weighted by Gasteiger charge is -2.17. The van der Waals surface area contributed by atoms with Gasteiger partial charge in [0, 0.05) is 6.04 Å². The number of nitrogens with two attached hydrogens (primary N) is 1. The van der Waals surface area contributed by atoms with E-state index in [-0.39, 0.29) is 10.9 Å². The Labute approximate surface area is 127 Å². The van der Waals surface area contributed by atoms with Crippen LogP contribution in [0.25, 0.3) is 0 Å². The second-order valence-corrected chi connectivity index (χ2v) is 6.84. The fourth-order valence-corrected chi connectivity index (χ4v) is 2.60. The highest BCUT2D eigenvalue weighted by Crippen LogP contribution is 2.21. The second-order valence-electron chi connectivity index (χ2n) is 5.42. The van der Waals surface area contributed by atoms with Crippen molar-refractivity contribution in [3.63, 3.8) is 0 Å². The molecule has 1 heterocycles. The summed E-state index contributed by atoms with van der Waals surface area (Å²) >= 11 is 0. The van der Waals surface area contributed by atoms with Crippen molar-refractivity contribution in [1.82, 2.24) is 0 Å². The summed E-state index contributed by atoms with van der Waals surface area (Å²) in [5.41, 5.74) is 6.77. The SMILES string of the molecule is CC[C@@H](N)[C@H]1CC[C@@H](C)O1.Cc1ccc(S(=O)(=O)O)cc1. The molecule has 6 heteroatoms. The topological polar surface area (TPSA) is 89.6 Å². The van der Waals surface area contributed by atoms with E-state index in [1.165, 1.54) is 18.6 Å². The summed E-state index contributed by atoms with van der Waals surface area (Å²) < 4.78 is 35.1. The molecule has 0 spiro atoms. The van der Waals surface area contributed by atoms with Crippen LogP contribution in [0, 0.1) is 6.92 Å². The van der Waals surface area contributed by atoms with Crippen LogP contribution < -0.4 is 5.73 Å². The fraction of sp³-hybridized carbons (Fsp3) is 0.600. The third-order valence-electron chi connectivity index (χ3n) is 3.53. The van der Waals surface area contributed by atoms with Gasteiger partial charge in [0.1, 0.15) is 0 Å². The molecule has 1 fully saturated rings. The molecular formula is C15H25NO4S. The summed E-state index contributed by atoms with van der Waals surface area (Å²) in [6, 6.07) is 6.24. The van der Waals surface area contributed by atoms with E-state index in [0.29, 0.717) is 12.2 Å². The maximum absolute atomic E-state index is 10.5. The molecule has 0 aromatic heterocycles. The van der Waals surface area contributed by atoms with E-state index in [2.05, 4.69) is 13.8 Å². The molecule has 0 unspecified atom stereocenters. The average Bonchev–Trinajstić information content (AvgIpc) is 2.85. The average molecular weight is 315 g/mol. The summed E-state index contributed by atoms with van der Waals surface area (Å²) in [6.07, 6.45) is 4.12. The van der Waals surface area contributed by atoms with Crippen molar-refractivity contribution < 1.29 is 17.7 Å². The largest absolute Gasteiger partial charge is 0.374 e. The summed E-state index contributed by atoms with van der Waals surface area (Å²) in [6.45, 7) is 6.06. The minimum atomic E-state index is -4.02. The van der Waals surface area contributed by atoms with Crippen molar-refractivity contribution in [1.29, 1.82) is 0 Å². The number of benzene rings is 1. The van der Waals surface area contributed by atoms with E-state index in [1.54, 1.807) is 12.1 Å². The first-order valence-corrected chi connectivity index (χ1v) is 8.63. The number of hydrogen-bond donors (Lipinski definition) is 2. The Balaban J connectivity index is 0.000000211. The quantitative estimate of drug-likeness (QED) is 0.837. The van der Waals surface area contributed by atoms with Crippen LogP contribution in [0.15, 0.2) is 29.2 Å². The first-order valence-electron chi connectivity index (χ1n) is 7.19. The minimum Gasteiger partial charge on any atom is -0.374 e. The van der Waals surface area contributed by atoms with Crippen molar-refractivity contribution >= 4 is 10.1 Å². The van der Waals surface area contributed by atoms with Crippen LogP contribution in [0.5, 0.6) is 0 Å². The minimum absolute atomic E-state index is 0.0666. The number of hydrogen-bond acceptors (Lipinski definition) is 4. The van der Waals surface area contributed by atoms with Crippen molar-refractivity contribution in [3.8, 4) is 0 Å². The molecule has 21 heavy (non-hydrogen) atoms. The summed E-state index contributed by atoms with van der Waals surface area (Å²) in [5.74, 6) is 0. The predicted octanol–water partition coefficient (Wildman–Crippen LogP) is 2.53. The van der Waals surface area contributed by atoms with E-state index < -0.39 is 10.1 Å². The van der Waals surface area contributed by atoms with Crippen molar-refractivity contribution in [2.75, 3.05) is 0 Å². The molecule has 3 N–H and O–H groups in total. The molecule has 0 radical (unpaired) electrons. The second kappa shape index (κ2) is 7.89. The highest BCUT2D eigenvalue weighted by molar-refractivity contribution is 7.85. The highest BCUT2D eigenvalue weighted by Gasteiger charge is 2.25. The lowest BCUT2D eigenvalue weighted by molar-refractivity contribution is 0.0397. The van der Waals surface area contributed by atoms with Crippen LogP contribution in [0.4, 0.5) is 0 Å². The van der Waals surface area contributed by atoms with Gasteiger partial charge in [0.25, 0.3) is 10.1 Å². The van der Waals surface area contributed by atoms with E-state index in [9.17, 15) is 8.42 Å². The van der Waals surface area contributed by atoms with E-state index in [1.807, 2.05) is 6.92 Å². The van der Waals surface area contributed by atoms with Gasteiger partial charge < -0.3 is 10.5 Å². The zero-order valence-electron chi connectivity index (χ0n) is 12.8. The Morgan fingerprint density at radius 2 is 1.90 bits per heavy atom. The van der Waals surface area contributed by atoms with Crippen LogP contribution in [0.3, 0.4) is 0 Å². The van der Waals surface area contributed by atoms with Gasteiger partial charge in [-0.1, -0.05) is 24.6 Å². The maximum Gasteiger partial charge on any atom is 0.294 e. The lowest BCUT2D eigenvalue weighted by atomic mass is 10.1. The molecule has 1 aliphatic heterocycles. The van der Waals surface area contributed by atoms with Crippen LogP contribution in [0.2, 0.25) is 0 Å². The van der Waals surface area contributed by atoms with Gasteiger partial charge in [0.15, 0.2) is 0 Å². The fourth-order valence-electron chi connectivity index (χ4n) is 2.12. The molecule has 0 saturated carbocycles. The van der Waals surface area contributed by atoms with Gasteiger partial charge in [-0.2, -0.15) is 8.42 Å². The van der Waals surface area contributed by atoms with Crippen molar-refractivity contribution in [2.24, 2.45) is 5.73 Å². The Kier molecular flexibility index (Phi) is 6.80. The van der Waals surface area contributed by atoms with E-state index in [0.717, 1.165) is 18.4 Å². The molecule has 2 rings (SSSR count). The van der Waals surface area contributed by atoms with Crippen LogP contribution >= 0.6 is 0 Å². The standard InChI is InChI=1S/C8H17NO.C7H8O3S/c1-3-7(9)8-5-4-6(2)10-8;1-6-2-4-7(5-3-6)11(8,9)10/h6-8H,3-5,9H2,1-2H3;2-5H,1H3,(H,8,9,10)/t6-,7-,8-;/m1./s1. The first-order chi connectivity index (χ1) is 9.74. The van der Waals surface area contributed by atoms with Crippen LogP contribution in [-0.4, -0.2) is 31.2 Å². The lowest BCUT2D eigenvalue weighted by Crippen LogP contribution is -2.33. The molecular weight excluding hydrogens is 290 g/mol. The zero-order valence-corrected chi connectivity index (χ0v) is 13.6. The first kappa shape index (κ1) is 18.1. The van der Waals surface area contributed by atoms with Crippen LogP contribution in [0.1, 0.15) is 38.7 Å². The molecule has 120 valence electrons. The van der Waals surface area contributed by atoms with Gasteiger partial charge in [0.05, 0.1) is 17.1 Å². The molecule has 1 aromatic carbocycles. The molecule has 1 aromatic rings. The predicted molar refractivity (Wildman–Crippen MR) is 82.8 cm³/mol. The van der Waals surface area contributed by atoms with Gasteiger partial charge >= 0.3 is 0 Å².